The quantitative estimate of drug-likeness (QED) is 0.729. The summed E-state index contributed by atoms with van der Waals surface area (Å²) in [7, 11) is 2.13. The zero-order chi connectivity index (χ0) is 9.97. The molecule has 1 unspecified atom stereocenters. The molecule has 0 aromatic rings. The molecule has 1 aliphatic heterocycles. The van der Waals surface area contributed by atoms with Gasteiger partial charge in [0.25, 0.3) is 0 Å². The molecule has 82 valence electrons. The van der Waals surface area contributed by atoms with Gasteiger partial charge < -0.3 is 14.7 Å². The van der Waals surface area contributed by atoms with E-state index in [9.17, 15) is 5.11 Å². The zero-order valence-electron chi connectivity index (χ0n) is 8.98. The van der Waals surface area contributed by atoms with Crippen molar-refractivity contribution in [3.63, 3.8) is 0 Å². The third-order valence-electron chi connectivity index (χ3n) is 3.46. The topological polar surface area (TPSA) is 32.7 Å². The molecule has 2 aliphatic rings. The maximum absolute atomic E-state index is 9.82. The number of likely N-dealkylation sites (N-methyl/N-ethyl adjacent to an activating group) is 1. The fourth-order valence-corrected chi connectivity index (χ4v) is 2.20. The predicted molar refractivity (Wildman–Crippen MR) is 55.2 cm³/mol. The highest BCUT2D eigenvalue weighted by atomic mass is 16.5. The monoisotopic (exact) mass is 199 g/mol. The van der Waals surface area contributed by atoms with Gasteiger partial charge in [-0.25, -0.2) is 0 Å². The van der Waals surface area contributed by atoms with Gasteiger partial charge in [-0.2, -0.15) is 0 Å². The lowest BCUT2D eigenvalue weighted by Gasteiger charge is -2.32. The van der Waals surface area contributed by atoms with Crippen molar-refractivity contribution in [1.29, 1.82) is 0 Å². The van der Waals surface area contributed by atoms with Gasteiger partial charge in [-0.3, -0.25) is 0 Å². The molecule has 2 rings (SSSR count). The van der Waals surface area contributed by atoms with Crippen molar-refractivity contribution in [2.24, 2.45) is 5.92 Å². The number of hydrogen-bond donors (Lipinski definition) is 1. The number of aliphatic hydroxyl groups excluding tert-OH is 1. The summed E-state index contributed by atoms with van der Waals surface area (Å²) in [5, 5.41) is 9.82. The number of rotatable bonds is 4. The molecule has 1 saturated carbocycles. The largest absolute Gasteiger partial charge is 0.392 e. The van der Waals surface area contributed by atoms with E-state index in [0.717, 1.165) is 32.6 Å². The number of hydrogen-bond acceptors (Lipinski definition) is 3. The van der Waals surface area contributed by atoms with Crippen molar-refractivity contribution in [2.45, 2.75) is 37.8 Å². The van der Waals surface area contributed by atoms with Gasteiger partial charge >= 0.3 is 0 Å². The summed E-state index contributed by atoms with van der Waals surface area (Å²) in [6.45, 7) is 2.61. The highest BCUT2D eigenvalue weighted by molar-refractivity contribution is 4.84. The van der Waals surface area contributed by atoms with Crippen LogP contribution in [0, 0.1) is 5.92 Å². The smallest absolute Gasteiger partial charge is 0.0695 e. The van der Waals surface area contributed by atoms with Crippen LogP contribution in [0.4, 0.5) is 0 Å². The molecule has 1 saturated heterocycles. The van der Waals surface area contributed by atoms with Gasteiger partial charge in [0.15, 0.2) is 0 Å². The molecule has 14 heavy (non-hydrogen) atoms. The summed E-state index contributed by atoms with van der Waals surface area (Å²) in [6.07, 6.45) is 4.59. The normalized spacial score (nSPS) is 26.8. The van der Waals surface area contributed by atoms with Crippen molar-refractivity contribution in [3.05, 3.63) is 0 Å². The van der Waals surface area contributed by atoms with Crippen LogP contribution in [0.2, 0.25) is 0 Å². The fourth-order valence-electron chi connectivity index (χ4n) is 2.20. The van der Waals surface area contributed by atoms with Crippen molar-refractivity contribution < 1.29 is 9.84 Å². The predicted octanol–water partition coefficient (Wildman–Crippen LogP) is 0.868. The lowest BCUT2D eigenvalue weighted by atomic mass is 10.1. The molecule has 1 atom stereocenters. The van der Waals surface area contributed by atoms with Gasteiger partial charge in [0.1, 0.15) is 0 Å². The summed E-state index contributed by atoms with van der Waals surface area (Å²) in [4.78, 5) is 2.31. The van der Waals surface area contributed by atoms with Crippen LogP contribution in [-0.2, 0) is 4.74 Å². The van der Waals surface area contributed by atoms with Crippen molar-refractivity contribution in [2.75, 3.05) is 26.8 Å². The number of nitrogens with zero attached hydrogens (tertiary/aromatic N) is 1. The second-order valence-corrected chi connectivity index (χ2v) is 4.69. The van der Waals surface area contributed by atoms with E-state index in [-0.39, 0.29) is 6.10 Å². The van der Waals surface area contributed by atoms with E-state index < -0.39 is 0 Å². The third kappa shape index (κ3) is 2.69. The molecule has 3 heteroatoms. The maximum Gasteiger partial charge on any atom is 0.0695 e. The first-order chi connectivity index (χ1) is 6.77. The van der Waals surface area contributed by atoms with Gasteiger partial charge in [-0.15, -0.1) is 0 Å². The molecular formula is C11H21NO2. The van der Waals surface area contributed by atoms with Crippen molar-refractivity contribution >= 4 is 0 Å². The SMILES string of the molecule is CN(CC(O)C1CC1)C1CCOCC1. The van der Waals surface area contributed by atoms with Crippen molar-refractivity contribution in [1.82, 2.24) is 4.90 Å². The van der Waals surface area contributed by atoms with Crippen LogP contribution in [0.5, 0.6) is 0 Å². The zero-order valence-corrected chi connectivity index (χ0v) is 8.98. The molecule has 0 bridgehead atoms. The summed E-state index contributed by atoms with van der Waals surface area (Å²) in [6, 6.07) is 0.622. The summed E-state index contributed by atoms with van der Waals surface area (Å²) < 4.78 is 5.33. The van der Waals surface area contributed by atoms with E-state index in [4.69, 9.17) is 4.74 Å². The highest BCUT2D eigenvalue weighted by Gasteiger charge is 2.31. The van der Waals surface area contributed by atoms with Gasteiger partial charge in [-0.1, -0.05) is 0 Å². The first-order valence-electron chi connectivity index (χ1n) is 5.73. The van der Waals surface area contributed by atoms with E-state index in [1.54, 1.807) is 0 Å². The first kappa shape index (κ1) is 10.4. The van der Waals surface area contributed by atoms with Crippen LogP contribution >= 0.6 is 0 Å². The van der Waals surface area contributed by atoms with Gasteiger partial charge in [-0.05, 0) is 38.6 Å². The summed E-state index contributed by atoms with van der Waals surface area (Å²) >= 11 is 0. The van der Waals surface area contributed by atoms with Crippen LogP contribution in [0.3, 0.4) is 0 Å². The molecule has 1 N–H and O–H groups in total. The highest BCUT2D eigenvalue weighted by Crippen LogP contribution is 2.33. The fraction of sp³-hybridized carbons (Fsp3) is 1.00. The van der Waals surface area contributed by atoms with Crippen LogP contribution in [-0.4, -0.2) is 49.0 Å². The minimum absolute atomic E-state index is 0.0946. The second-order valence-electron chi connectivity index (χ2n) is 4.69. The molecule has 2 fully saturated rings. The molecule has 0 amide bonds. The van der Waals surface area contributed by atoms with Crippen molar-refractivity contribution in [3.8, 4) is 0 Å². The molecule has 1 heterocycles. The average Bonchev–Trinajstić information content (AvgIpc) is 3.02. The second kappa shape index (κ2) is 4.60. The Morgan fingerprint density at radius 3 is 2.50 bits per heavy atom. The van der Waals surface area contributed by atoms with Crippen LogP contribution in [0.25, 0.3) is 0 Å². The maximum atomic E-state index is 9.82. The Balaban J connectivity index is 1.72. The van der Waals surface area contributed by atoms with Crippen LogP contribution in [0.15, 0.2) is 0 Å². The Morgan fingerprint density at radius 1 is 1.29 bits per heavy atom. The Labute approximate surface area is 86.0 Å². The molecule has 0 radical (unpaired) electrons. The van der Waals surface area contributed by atoms with Gasteiger partial charge in [0.2, 0.25) is 0 Å². The Kier molecular flexibility index (Phi) is 3.42. The van der Waals surface area contributed by atoms with E-state index >= 15 is 0 Å². The standard InChI is InChI=1S/C11H21NO2/c1-12(8-11(13)9-2-3-9)10-4-6-14-7-5-10/h9-11,13H,2-8H2,1H3. The van der Waals surface area contributed by atoms with E-state index in [2.05, 4.69) is 11.9 Å². The molecule has 0 aromatic carbocycles. The van der Waals surface area contributed by atoms with E-state index in [1.807, 2.05) is 0 Å². The Hall–Kier alpha value is -0.120. The lowest BCUT2D eigenvalue weighted by Crippen LogP contribution is -2.41. The van der Waals surface area contributed by atoms with Gasteiger partial charge in [0.05, 0.1) is 6.10 Å². The van der Waals surface area contributed by atoms with Crippen LogP contribution in [0.1, 0.15) is 25.7 Å². The Bertz CT molecular complexity index is 176. The Morgan fingerprint density at radius 2 is 1.93 bits per heavy atom. The molecular weight excluding hydrogens is 178 g/mol. The third-order valence-corrected chi connectivity index (χ3v) is 3.46. The summed E-state index contributed by atoms with van der Waals surface area (Å²) in [5.41, 5.74) is 0. The molecule has 0 spiro atoms. The van der Waals surface area contributed by atoms with Crippen LogP contribution < -0.4 is 0 Å². The first-order valence-corrected chi connectivity index (χ1v) is 5.73. The summed E-state index contributed by atoms with van der Waals surface area (Å²) in [5.74, 6) is 0.595. The van der Waals surface area contributed by atoms with Gasteiger partial charge in [0, 0.05) is 25.8 Å². The molecule has 0 aromatic heterocycles. The van der Waals surface area contributed by atoms with E-state index in [1.165, 1.54) is 12.8 Å². The minimum atomic E-state index is -0.0946. The molecule has 3 nitrogen and oxygen atoms in total. The lowest BCUT2D eigenvalue weighted by molar-refractivity contribution is 0.0217. The minimum Gasteiger partial charge on any atom is -0.392 e. The number of ether oxygens (including phenoxy) is 1. The molecule has 1 aliphatic carbocycles. The average molecular weight is 199 g/mol. The number of aliphatic hydroxyl groups is 1. The van der Waals surface area contributed by atoms with E-state index in [0.29, 0.717) is 12.0 Å².